The molecule has 2 aliphatic carbocycles. The zero-order valence-corrected chi connectivity index (χ0v) is 16.9. The Morgan fingerprint density at radius 3 is 2.50 bits per heavy atom. The zero-order chi connectivity index (χ0) is 18.1. The van der Waals surface area contributed by atoms with Gasteiger partial charge in [0, 0.05) is 23.5 Å². The van der Waals surface area contributed by atoms with E-state index in [1.165, 1.54) is 67.3 Å². The molecule has 1 aromatic rings. The molecule has 0 aromatic heterocycles. The van der Waals surface area contributed by atoms with E-state index in [4.69, 9.17) is 0 Å². The first-order valence-corrected chi connectivity index (χ1v) is 11.2. The number of fused-ring (bicyclic) bond motifs is 2. The molecule has 1 unspecified atom stereocenters. The van der Waals surface area contributed by atoms with Gasteiger partial charge in [0.05, 0.1) is 0 Å². The molecule has 4 nitrogen and oxygen atoms in total. The van der Waals surface area contributed by atoms with Crippen LogP contribution in [0.15, 0.2) is 6.07 Å². The highest BCUT2D eigenvalue weighted by Gasteiger charge is 2.27. The second-order valence-corrected chi connectivity index (χ2v) is 9.05. The minimum absolute atomic E-state index is 0.0570. The second-order valence-electron chi connectivity index (χ2n) is 8.23. The number of amides is 2. The van der Waals surface area contributed by atoms with Crippen LogP contribution in [0.1, 0.15) is 61.8 Å². The molecule has 0 radical (unpaired) electrons. The van der Waals surface area contributed by atoms with Gasteiger partial charge in [0.1, 0.15) is 0 Å². The molecule has 1 atom stereocenters. The molecular formula is C21H31N3OS. The third-order valence-corrected chi connectivity index (χ3v) is 7.12. The maximum Gasteiger partial charge on any atom is 0.329 e. The van der Waals surface area contributed by atoms with Gasteiger partial charge >= 0.3 is 6.03 Å². The minimum Gasteiger partial charge on any atom is -0.307 e. The van der Waals surface area contributed by atoms with E-state index in [-0.39, 0.29) is 6.03 Å². The number of hydrogen-bond donors (Lipinski definition) is 2. The van der Waals surface area contributed by atoms with E-state index in [9.17, 15) is 4.79 Å². The van der Waals surface area contributed by atoms with E-state index in [0.29, 0.717) is 12.1 Å². The number of benzene rings is 1. The predicted octanol–water partition coefficient (Wildman–Crippen LogP) is 4.31. The van der Waals surface area contributed by atoms with Crippen LogP contribution in [0.2, 0.25) is 0 Å². The van der Waals surface area contributed by atoms with Gasteiger partial charge in [-0.3, -0.25) is 9.62 Å². The number of likely N-dealkylation sites (tertiary alicyclic amines) is 1. The number of nitrogens with one attached hydrogen (secondary N) is 2. The third kappa shape index (κ3) is 3.61. The molecule has 0 spiro atoms. The van der Waals surface area contributed by atoms with Crippen LogP contribution in [-0.2, 0) is 25.7 Å². The molecule has 1 fully saturated rings. The Balaban J connectivity index is 1.36. The Hall–Kier alpha value is -1.20. The standard InChI is InChI=1S/C21H31N3OS/c1-14(2)24-11-5-8-17(24)13-26-23-21(25)22-20-18-9-3-6-15(18)12-16-7-4-10-19(16)20/h12,14,17H,3-11,13H2,1-2H3,(H2,22,23,25). The van der Waals surface area contributed by atoms with E-state index in [1.54, 1.807) is 11.9 Å². The molecule has 1 aromatic carbocycles. The highest BCUT2D eigenvalue weighted by Crippen LogP contribution is 2.38. The van der Waals surface area contributed by atoms with Crippen LogP contribution < -0.4 is 10.0 Å². The summed E-state index contributed by atoms with van der Waals surface area (Å²) in [6.07, 6.45) is 9.51. The largest absolute Gasteiger partial charge is 0.329 e. The first-order valence-electron chi connectivity index (χ1n) is 10.2. The van der Waals surface area contributed by atoms with Crippen LogP contribution in [0.4, 0.5) is 10.5 Å². The van der Waals surface area contributed by atoms with Crippen LogP contribution in [-0.4, -0.2) is 35.3 Å². The summed E-state index contributed by atoms with van der Waals surface area (Å²) in [6.45, 7) is 5.72. The molecule has 1 saturated heterocycles. The fourth-order valence-electron chi connectivity index (χ4n) is 5.03. The summed E-state index contributed by atoms with van der Waals surface area (Å²) >= 11 is 1.56. The van der Waals surface area contributed by atoms with Crippen molar-refractivity contribution in [3.05, 3.63) is 28.3 Å². The summed E-state index contributed by atoms with van der Waals surface area (Å²) in [5, 5.41) is 3.22. The van der Waals surface area contributed by atoms with Crippen molar-refractivity contribution >= 4 is 23.7 Å². The molecule has 2 N–H and O–H groups in total. The Bertz CT molecular complexity index is 656. The van der Waals surface area contributed by atoms with Gasteiger partial charge in [-0.05, 0) is 106 Å². The Morgan fingerprint density at radius 2 is 1.85 bits per heavy atom. The number of carbonyl (C=O) groups excluding carboxylic acids is 1. The van der Waals surface area contributed by atoms with E-state index < -0.39 is 0 Å². The summed E-state index contributed by atoms with van der Waals surface area (Å²) < 4.78 is 3.04. The number of hydrogen-bond acceptors (Lipinski definition) is 3. The lowest BCUT2D eigenvalue weighted by atomic mass is 9.99. The smallest absolute Gasteiger partial charge is 0.307 e. The third-order valence-electron chi connectivity index (χ3n) is 6.24. The van der Waals surface area contributed by atoms with Gasteiger partial charge < -0.3 is 5.32 Å². The average Bonchev–Trinajstić information content (AvgIpc) is 3.34. The van der Waals surface area contributed by atoms with Gasteiger partial charge in [-0.15, -0.1) is 0 Å². The van der Waals surface area contributed by atoms with E-state index in [2.05, 4.69) is 34.9 Å². The van der Waals surface area contributed by atoms with Gasteiger partial charge in [-0.25, -0.2) is 4.79 Å². The topological polar surface area (TPSA) is 44.4 Å². The number of anilines is 1. The lowest BCUT2D eigenvalue weighted by Crippen LogP contribution is -2.38. The van der Waals surface area contributed by atoms with Crippen LogP contribution in [0, 0.1) is 0 Å². The molecule has 3 aliphatic rings. The fraction of sp³-hybridized carbons (Fsp3) is 0.667. The van der Waals surface area contributed by atoms with Crippen LogP contribution in [0.25, 0.3) is 0 Å². The molecule has 1 aliphatic heterocycles. The molecule has 1 heterocycles. The lowest BCUT2D eigenvalue weighted by molar-refractivity contribution is 0.219. The first-order chi connectivity index (χ1) is 12.6. The number of urea groups is 1. The van der Waals surface area contributed by atoms with Gasteiger partial charge in [0.2, 0.25) is 0 Å². The zero-order valence-electron chi connectivity index (χ0n) is 16.1. The Kier molecular flexibility index (Phi) is 5.46. The van der Waals surface area contributed by atoms with Crippen molar-refractivity contribution in [3.8, 4) is 0 Å². The molecular weight excluding hydrogens is 342 g/mol. The Morgan fingerprint density at radius 1 is 1.15 bits per heavy atom. The molecule has 5 heteroatoms. The fourth-order valence-corrected chi connectivity index (χ4v) is 5.84. The van der Waals surface area contributed by atoms with Gasteiger partial charge in [-0.1, -0.05) is 6.07 Å². The summed E-state index contributed by atoms with van der Waals surface area (Å²) in [6, 6.07) is 3.53. The van der Waals surface area contributed by atoms with Crippen molar-refractivity contribution in [3.63, 3.8) is 0 Å². The molecule has 26 heavy (non-hydrogen) atoms. The van der Waals surface area contributed by atoms with Crippen molar-refractivity contribution < 1.29 is 4.79 Å². The molecule has 0 saturated carbocycles. The summed E-state index contributed by atoms with van der Waals surface area (Å²) in [5.41, 5.74) is 6.86. The minimum atomic E-state index is -0.0570. The molecule has 2 amide bonds. The summed E-state index contributed by atoms with van der Waals surface area (Å²) in [4.78, 5) is 15.1. The quantitative estimate of drug-likeness (QED) is 0.756. The van der Waals surface area contributed by atoms with Gasteiger partial charge in [-0.2, -0.15) is 0 Å². The van der Waals surface area contributed by atoms with Crippen molar-refractivity contribution in [2.75, 3.05) is 17.6 Å². The summed E-state index contributed by atoms with van der Waals surface area (Å²) in [5.74, 6) is 0.969. The van der Waals surface area contributed by atoms with E-state index >= 15 is 0 Å². The summed E-state index contributed by atoms with van der Waals surface area (Å²) in [7, 11) is 0. The molecule has 0 bridgehead atoms. The van der Waals surface area contributed by atoms with Gasteiger partial charge in [0.25, 0.3) is 0 Å². The number of aryl methyl sites for hydroxylation is 2. The van der Waals surface area contributed by atoms with Crippen LogP contribution >= 0.6 is 11.9 Å². The number of nitrogens with zero attached hydrogens (tertiary/aromatic N) is 1. The lowest BCUT2D eigenvalue weighted by Gasteiger charge is -2.27. The monoisotopic (exact) mass is 373 g/mol. The van der Waals surface area contributed by atoms with Gasteiger partial charge in [0.15, 0.2) is 0 Å². The maximum atomic E-state index is 12.5. The van der Waals surface area contributed by atoms with E-state index in [1.807, 2.05) is 0 Å². The number of carbonyl (C=O) groups is 1. The molecule has 4 rings (SSSR count). The highest BCUT2D eigenvalue weighted by atomic mass is 32.2. The normalized spacial score (nSPS) is 21.9. The van der Waals surface area contributed by atoms with E-state index in [0.717, 1.165) is 24.3 Å². The van der Waals surface area contributed by atoms with Crippen molar-refractivity contribution in [2.24, 2.45) is 0 Å². The predicted molar refractivity (Wildman–Crippen MR) is 110 cm³/mol. The van der Waals surface area contributed by atoms with Crippen molar-refractivity contribution in [1.29, 1.82) is 0 Å². The molecule has 142 valence electrons. The van der Waals surface area contributed by atoms with Crippen molar-refractivity contribution in [2.45, 2.75) is 77.3 Å². The first kappa shape index (κ1) is 18.2. The maximum absolute atomic E-state index is 12.5. The SMILES string of the molecule is CC(C)N1CCCC1CSNC(=O)Nc1c2c(cc3c1CCC3)CCC2. The number of rotatable bonds is 5. The Labute approximate surface area is 161 Å². The van der Waals surface area contributed by atoms with Crippen LogP contribution in [0.3, 0.4) is 0 Å². The highest BCUT2D eigenvalue weighted by molar-refractivity contribution is 7.97. The average molecular weight is 374 g/mol. The van der Waals surface area contributed by atoms with Crippen molar-refractivity contribution in [1.82, 2.24) is 9.62 Å². The van der Waals surface area contributed by atoms with Crippen LogP contribution in [0.5, 0.6) is 0 Å². The second kappa shape index (κ2) is 7.81.